The molecule has 0 aromatic heterocycles. The van der Waals surface area contributed by atoms with Crippen LogP contribution in [0.1, 0.15) is 25.3 Å². The molecule has 7 nitrogen and oxygen atoms in total. The van der Waals surface area contributed by atoms with Crippen molar-refractivity contribution in [3.63, 3.8) is 0 Å². The highest BCUT2D eigenvalue weighted by Crippen LogP contribution is 2.34. The molecule has 0 radical (unpaired) electrons. The molecule has 0 unspecified atom stereocenters. The fourth-order valence-corrected chi connectivity index (χ4v) is 3.58. The first kappa shape index (κ1) is 20.1. The Hall–Kier alpha value is -2.67. The molecular weight excluding hydrogens is 384 g/mol. The van der Waals surface area contributed by atoms with Gasteiger partial charge in [-0.15, -0.1) is 0 Å². The normalized spacial score (nSPS) is 22.0. The van der Waals surface area contributed by atoms with Gasteiger partial charge in [0.05, 0.1) is 11.8 Å². The fourth-order valence-electron chi connectivity index (χ4n) is 3.41. The number of carbonyl (C=O) groups excluding carboxylic acids is 4. The lowest BCUT2D eigenvalue weighted by atomic mass is 9.85. The minimum absolute atomic E-state index is 0.358. The van der Waals surface area contributed by atoms with Crippen LogP contribution in [0.3, 0.4) is 0 Å². The Morgan fingerprint density at radius 1 is 1.21 bits per heavy atom. The van der Waals surface area contributed by atoms with Gasteiger partial charge in [-0.1, -0.05) is 29.8 Å². The summed E-state index contributed by atoms with van der Waals surface area (Å²) in [6.45, 7) is 2.74. The minimum atomic E-state index is -1.09. The van der Waals surface area contributed by atoms with Crippen molar-refractivity contribution in [1.82, 2.24) is 4.90 Å². The minimum Gasteiger partial charge on any atom is -0.451 e. The smallest absolute Gasteiger partial charge is 0.326 e. The van der Waals surface area contributed by atoms with E-state index in [1.807, 2.05) is 19.1 Å². The van der Waals surface area contributed by atoms with Crippen LogP contribution in [0, 0.1) is 18.8 Å². The molecule has 0 saturated carbocycles. The van der Waals surface area contributed by atoms with Gasteiger partial charge in [-0.2, -0.15) is 0 Å². The number of benzene rings is 1. The lowest BCUT2D eigenvalue weighted by Gasteiger charge is -2.17. The van der Waals surface area contributed by atoms with Gasteiger partial charge in [0.15, 0.2) is 6.10 Å². The number of hydrogen-bond donors (Lipinski definition) is 1. The standard InChI is InChI=1S/C20H21ClN2O5/c1-11-7-8-13(21)9-16(11)22-18(25)12(2)28-17(24)10-23-19(26)14-5-3-4-6-15(14)20(23)27/h3-4,7-9,12,14-15H,5-6,10H2,1-2H3,(H,22,25)/t12-,14-,15+/m1/s1. The van der Waals surface area contributed by atoms with Gasteiger partial charge >= 0.3 is 5.97 Å². The largest absolute Gasteiger partial charge is 0.451 e. The van der Waals surface area contributed by atoms with Crippen LogP contribution in [0.2, 0.25) is 5.02 Å². The van der Waals surface area contributed by atoms with Crippen molar-refractivity contribution in [3.8, 4) is 0 Å². The molecule has 8 heteroatoms. The van der Waals surface area contributed by atoms with E-state index in [0.717, 1.165) is 10.5 Å². The van der Waals surface area contributed by atoms with Crippen molar-refractivity contribution in [2.24, 2.45) is 11.8 Å². The van der Waals surface area contributed by atoms with E-state index in [9.17, 15) is 19.2 Å². The van der Waals surface area contributed by atoms with Gasteiger partial charge in [-0.25, -0.2) is 0 Å². The number of amides is 3. The Morgan fingerprint density at radius 3 is 2.43 bits per heavy atom. The SMILES string of the molecule is Cc1ccc(Cl)cc1NC(=O)[C@@H](C)OC(=O)CN1C(=O)[C@H]2CC=CC[C@H]2C1=O. The molecule has 1 aliphatic heterocycles. The summed E-state index contributed by atoms with van der Waals surface area (Å²) < 4.78 is 5.12. The summed E-state index contributed by atoms with van der Waals surface area (Å²) in [5.41, 5.74) is 1.32. The van der Waals surface area contributed by atoms with E-state index in [1.54, 1.807) is 18.2 Å². The maximum atomic E-state index is 12.4. The number of fused-ring (bicyclic) bond motifs is 1. The number of aryl methyl sites for hydroxylation is 1. The molecule has 1 aromatic carbocycles. The summed E-state index contributed by atoms with van der Waals surface area (Å²) in [5, 5.41) is 3.12. The second-order valence-electron chi connectivity index (χ2n) is 7.00. The highest BCUT2D eigenvalue weighted by Gasteiger charge is 2.47. The lowest BCUT2D eigenvalue weighted by Crippen LogP contribution is -2.39. The van der Waals surface area contributed by atoms with E-state index >= 15 is 0 Å². The van der Waals surface area contributed by atoms with E-state index in [2.05, 4.69) is 5.32 Å². The molecule has 3 rings (SSSR count). The number of allylic oxidation sites excluding steroid dienone is 2. The molecular formula is C20H21ClN2O5. The second kappa shape index (κ2) is 8.14. The molecule has 148 valence electrons. The Morgan fingerprint density at radius 2 is 1.82 bits per heavy atom. The Labute approximate surface area is 167 Å². The van der Waals surface area contributed by atoms with Crippen LogP contribution >= 0.6 is 11.6 Å². The van der Waals surface area contributed by atoms with Gasteiger partial charge < -0.3 is 10.1 Å². The first-order valence-electron chi connectivity index (χ1n) is 9.04. The van der Waals surface area contributed by atoms with E-state index < -0.39 is 36.4 Å². The number of nitrogens with zero attached hydrogens (tertiary/aromatic N) is 1. The monoisotopic (exact) mass is 404 g/mol. The van der Waals surface area contributed by atoms with Crippen LogP contribution in [0.15, 0.2) is 30.4 Å². The van der Waals surface area contributed by atoms with E-state index in [4.69, 9.17) is 16.3 Å². The number of hydrogen-bond acceptors (Lipinski definition) is 5. The van der Waals surface area contributed by atoms with Gasteiger partial charge in [-0.05, 0) is 44.4 Å². The molecule has 3 atom stereocenters. The zero-order valence-corrected chi connectivity index (χ0v) is 16.4. The van der Waals surface area contributed by atoms with Crippen molar-refractivity contribution in [1.29, 1.82) is 0 Å². The number of carbonyl (C=O) groups is 4. The summed E-state index contributed by atoms with van der Waals surface area (Å²) in [6, 6.07) is 5.06. The first-order chi connectivity index (χ1) is 13.3. The Balaban J connectivity index is 1.57. The predicted octanol–water partition coefficient (Wildman–Crippen LogP) is 2.47. The number of esters is 1. The van der Waals surface area contributed by atoms with Crippen molar-refractivity contribution < 1.29 is 23.9 Å². The average Bonchev–Trinajstić information content (AvgIpc) is 2.90. The van der Waals surface area contributed by atoms with Gasteiger partial charge in [0.25, 0.3) is 5.91 Å². The summed E-state index contributed by atoms with van der Waals surface area (Å²) in [5.74, 6) is -2.87. The predicted molar refractivity (Wildman–Crippen MR) is 102 cm³/mol. The quantitative estimate of drug-likeness (QED) is 0.462. The number of nitrogens with one attached hydrogen (secondary N) is 1. The highest BCUT2D eigenvalue weighted by atomic mass is 35.5. The number of halogens is 1. The van der Waals surface area contributed by atoms with E-state index in [1.165, 1.54) is 6.92 Å². The van der Waals surface area contributed by atoms with Gasteiger partial charge in [0.1, 0.15) is 6.54 Å². The Bertz CT molecular complexity index is 840. The van der Waals surface area contributed by atoms with Crippen LogP contribution in [0.5, 0.6) is 0 Å². The molecule has 1 aliphatic carbocycles. The molecule has 3 amide bonds. The molecule has 28 heavy (non-hydrogen) atoms. The fraction of sp³-hybridized carbons (Fsp3) is 0.400. The zero-order chi connectivity index (χ0) is 20.4. The third-order valence-electron chi connectivity index (χ3n) is 5.02. The van der Waals surface area contributed by atoms with Crippen LogP contribution in [-0.4, -0.2) is 41.2 Å². The van der Waals surface area contributed by atoms with Crippen molar-refractivity contribution in [2.75, 3.05) is 11.9 Å². The average molecular weight is 405 g/mol. The molecule has 0 spiro atoms. The number of imide groups is 1. The van der Waals surface area contributed by atoms with Crippen LogP contribution < -0.4 is 5.32 Å². The van der Waals surface area contributed by atoms with Crippen LogP contribution in [0.25, 0.3) is 0 Å². The summed E-state index contributed by atoms with van der Waals surface area (Å²) in [7, 11) is 0. The first-order valence-corrected chi connectivity index (χ1v) is 9.42. The number of likely N-dealkylation sites (tertiary alicyclic amines) is 1. The van der Waals surface area contributed by atoms with Crippen molar-refractivity contribution in [3.05, 3.63) is 40.9 Å². The third-order valence-corrected chi connectivity index (χ3v) is 5.26. The molecule has 2 aliphatic rings. The topological polar surface area (TPSA) is 92.8 Å². The number of rotatable bonds is 5. The molecule has 1 N–H and O–H groups in total. The second-order valence-corrected chi connectivity index (χ2v) is 7.44. The highest BCUT2D eigenvalue weighted by molar-refractivity contribution is 6.31. The zero-order valence-electron chi connectivity index (χ0n) is 15.6. The van der Waals surface area contributed by atoms with Crippen LogP contribution in [0.4, 0.5) is 5.69 Å². The lowest BCUT2D eigenvalue weighted by molar-refractivity contribution is -0.158. The van der Waals surface area contributed by atoms with Gasteiger partial charge in [-0.3, -0.25) is 24.1 Å². The molecule has 1 heterocycles. The molecule has 1 fully saturated rings. The van der Waals surface area contributed by atoms with Crippen molar-refractivity contribution >= 4 is 41.0 Å². The number of anilines is 1. The third kappa shape index (κ3) is 4.09. The number of ether oxygens (including phenoxy) is 1. The maximum absolute atomic E-state index is 12.4. The van der Waals surface area contributed by atoms with Gasteiger partial charge in [0, 0.05) is 10.7 Å². The van der Waals surface area contributed by atoms with Gasteiger partial charge in [0.2, 0.25) is 11.8 Å². The summed E-state index contributed by atoms with van der Waals surface area (Å²) in [4.78, 5) is 50.2. The van der Waals surface area contributed by atoms with E-state index in [-0.39, 0.29) is 11.8 Å². The molecule has 0 bridgehead atoms. The maximum Gasteiger partial charge on any atom is 0.326 e. The summed E-state index contributed by atoms with van der Waals surface area (Å²) in [6.07, 6.45) is 3.65. The Kier molecular flexibility index (Phi) is 5.84. The van der Waals surface area contributed by atoms with Crippen molar-refractivity contribution in [2.45, 2.75) is 32.8 Å². The van der Waals surface area contributed by atoms with Crippen LogP contribution in [-0.2, 0) is 23.9 Å². The summed E-state index contributed by atoms with van der Waals surface area (Å²) >= 11 is 5.93. The van der Waals surface area contributed by atoms with E-state index in [0.29, 0.717) is 23.6 Å². The molecule has 1 saturated heterocycles. The molecule has 1 aromatic rings.